The van der Waals surface area contributed by atoms with Crippen molar-refractivity contribution in [3.63, 3.8) is 0 Å². The quantitative estimate of drug-likeness (QED) is 0.654. The van der Waals surface area contributed by atoms with E-state index in [0.29, 0.717) is 0 Å². The standard InChI is InChI=1S/C17H17N3O2S.2ClH/c1-20(2)14-6-4-3-5-11(14)9-23-17-18-12-7-15-16(22-10-21-15)8-13(12)19-17;;/h3-8H,9-10H2,1-2H3,(H,18,19);2*1H. The van der Waals surface area contributed by atoms with Gasteiger partial charge in [0, 0.05) is 37.7 Å². The summed E-state index contributed by atoms with van der Waals surface area (Å²) in [4.78, 5) is 10.1. The van der Waals surface area contributed by atoms with E-state index >= 15 is 0 Å². The second kappa shape index (κ2) is 8.08. The van der Waals surface area contributed by atoms with E-state index in [1.807, 2.05) is 12.1 Å². The highest BCUT2D eigenvalue weighted by Gasteiger charge is 2.16. The summed E-state index contributed by atoms with van der Waals surface area (Å²) in [5.74, 6) is 2.40. The molecule has 1 aliphatic heterocycles. The molecule has 4 rings (SSSR count). The summed E-state index contributed by atoms with van der Waals surface area (Å²) < 4.78 is 10.8. The van der Waals surface area contributed by atoms with Crippen LogP contribution in [0.5, 0.6) is 11.5 Å². The minimum absolute atomic E-state index is 0. The highest BCUT2D eigenvalue weighted by atomic mass is 35.5. The number of anilines is 1. The Morgan fingerprint density at radius 2 is 1.84 bits per heavy atom. The number of hydrogen-bond donors (Lipinski definition) is 1. The van der Waals surface area contributed by atoms with E-state index < -0.39 is 0 Å². The number of nitrogens with one attached hydrogen (secondary N) is 1. The van der Waals surface area contributed by atoms with Gasteiger partial charge in [0.25, 0.3) is 0 Å². The number of nitrogens with zero attached hydrogens (tertiary/aromatic N) is 2. The first-order valence-corrected chi connectivity index (χ1v) is 8.36. The second-order valence-corrected chi connectivity index (χ2v) is 6.54. The maximum atomic E-state index is 5.40. The zero-order valence-corrected chi connectivity index (χ0v) is 16.3. The van der Waals surface area contributed by atoms with Crippen LogP contribution >= 0.6 is 36.6 Å². The molecule has 0 spiro atoms. The molecule has 1 aromatic heterocycles. The Labute approximate surface area is 162 Å². The summed E-state index contributed by atoms with van der Waals surface area (Å²) >= 11 is 1.69. The molecule has 0 unspecified atom stereocenters. The molecule has 0 saturated heterocycles. The Balaban J connectivity index is 0.00000113. The van der Waals surface area contributed by atoms with Crippen molar-refractivity contribution < 1.29 is 9.47 Å². The van der Waals surface area contributed by atoms with E-state index in [0.717, 1.165) is 33.4 Å². The molecule has 25 heavy (non-hydrogen) atoms. The third-order valence-corrected chi connectivity index (χ3v) is 4.71. The Morgan fingerprint density at radius 3 is 2.60 bits per heavy atom. The van der Waals surface area contributed by atoms with E-state index in [4.69, 9.17) is 9.47 Å². The maximum absolute atomic E-state index is 5.40. The predicted octanol–water partition coefficient (Wildman–Crippen LogP) is 4.49. The SMILES string of the molecule is CN(C)c1ccccc1CSc1nc2cc3c(cc2[nH]1)OCO3.Cl.Cl. The summed E-state index contributed by atoms with van der Waals surface area (Å²) in [6.45, 7) is 0.283. The fourth-order valence-corrected chi connectivity index (χ4v) is 3.54. The first kappa shape index (κ1) is 19.6. The molecule has 2 heterocycles. The number of rotatable bonds is 4. The molecule has 134 valence electrons. The number of aromatic amines is 1. The van der Waals surface area contributed by atoms with Crippen molar-refractivity contribution >= 4 is 53.3 Å². The average molecular weight is 400 g/mol. The van der Waals surface area contributed by atoms with Crippen LogP contribution in [0.3, 0.4) is 0 Å². The molecular formula is C17H19Cl2N3O2S. The first-order valence-electron chi connectivity index (χ1n) is 7.38. The lowest BCUT2D eigenvalue weighted by atomic mass is 10.2. The Kier molecular flexibility index (Phi) is 6.32. The van der Waals surface area contributed by atoms with Crippen molar-refractivity contribution in [1.29, 1.82) is 0 Å². The van der Waals surface area contributed by atoms with Crippen LogP contribution in [-0.4, -0.2) is 30.9 Å². The fraction of sp³-hybridized carbons (Fsp3) is 0.235. The van der Waals surface area contributed by atoms with Crippen molar-refractivity contribution in [1.82, 2.24) is 9.97 Å². The van der Waals surface area contributed by atoms with Crippen molar-refractivity contribution in [3.05, 3.63) is 42.0 Å². The molecule has 2 aromatic carbocycles. The second-order valence-electron chi connectivity index (χ2n) is 5.58. The third-order valence-electron chi connectivity index (χ3n) is 3.79. The summed E-state index contributed by atoms with van der Waals surface area (Å²) in [5.41, 5.74) is 4.39. The molecule has 0 atom stereocenters. The van der Waals surface area contributed by atoms with Crippen molar-refractivity contribution in [2.24, 2.45) is 0 Å². The first-order chi connectivity index (χ1) is 11.2. The lowest BCUT2D eigenvalue weighted by Crippen LogP contribution is -2.10. The number of thioether (sulfide) groups is 1. The molecule has 8 heteroatoms. The van der Waals surface area contributed by atoms with Crippen LogP contribution in [-0.2, 0) is 5.75 Å². The van der Waals surface area contributed by atoms with Crippen LogP contribution in [0.4, 0.5) is 5.69 Å². The van der Waals surface area contributed by atoms with Gasteiger partial charge in [0.05, 0.1) is 11.0 Å². The summed E-state index contributed by atoms with van der Waals surface area (Å²) in [6, 6.07) is 12.3. The largest absolute Gasteiger partial charge is 0.454 e. The van der Waals surface area contributed by atoms with Gasteiger partial charge in [-0.15, -0.1) is 24.8 Å². The molecule has 0 aliphatic carbocycles. The number of hydrogen-bond acceptors (Lipinski definition) is 5. The highest BCUT2D eigenvalue weighted by molar-refractivity contribution is 7.98. The predicted molar refractivity (Wildman–Crippen MR) is 107 cm³/mol. The number of fused-ring (bicyclic) bond motifs is 2. The third kappa shape index (κ3) is 3.92. The van der Waals surface area contributed by atoms with Crippen LogP contribution < -0.4 is 14.4 Å². The van der Waals surface area contributed by atoms with Gasteiger partial charge in [-0.2, -0.15) is 0 Å². The summed E-state index contributed by atoms with van der Waals surface area (Å²) in [5, 5.41) is 0.900. The molecule has 5 nitrogen and oxygen atoms in total. The average Bonchev–Trinajstić information content (AvgIpc) is 3.15. The van der Waals surface area contributed by atoms with Crippen molar-refractivity contribution in [2.75, 3.05) is 25.8 Å². The van der Waals surface area contributed by atoms with Crippen LogP contribution in [0, 0.1) is 0 Å². The van der Waals surface area contributed by atoms with Crippen molar-refractivity contribution in [2.45, 2.75) is 10.9 Å². The summed E-state index contributed by atoms with van der Waals surface area (Å²) in [7, 11) is 4.12. The summed E-state index contributed by atoms with van der Waals surface area (Å²) in [6.07, 6.45) is 0. The Morgan fingerprint density at radius 1 is 1.12 bits per heavy atom. The van der Waals surface area contributed by atoms with Gasteiger partial charge >= 0.3 is 0 Å². The number of aromatic nitrogens is 2. The minimum atomic E-state index is 0. The molecule has 0 fully saturated rings. The highest BCUT2D eigenvalue weighted by Crippen LogP contribution is 2.36. The van der Waals surface area contributed by atoms with Crippen LogP contribution in [0.2, 0.25) is 0 Å². The van der Waals surface area contributed by atoms with E-state index in [-0.39, 0.29) is 31.6 Å². The lowest BCUT2D eigenvalue weighted by Gasteiger charge is -2.16. The van der Waals surface area contributed by atoms with Gasteiger partial charge in [0.1, 0.15) is 0 Å². The zero-order chi connectivity index (χ0) is 15.8. The minimum Gasteiger partial charge on any atom is -0.454 e. The van der Waals surface area contributed by atoms with Crippen LogP contribution in [0.15, 0.2) is 41.6 Å². The number of ether oxygens (including phenoxy) is 2. The van der Waals surface area contributed by atoms with Gasteiger partial charge in [-0.25, -0.2) is 4.98 Å². The van der Waals surface area contributed by atoms with E-state index in [1.165, 1.54) is 11.3 Å². The van der Waals surface area contributed by atoms with Crippen LogP contribution in [0.25, 0.3) is 11.0 Å². The van der Waals surface area contributed by atoms with Gasteiger partial charge < -0.3 is 19.4 Å². The normalized spacial score (nSPS) is 11.8. The zero-order valence-electron chi connectivity index (χ0n) is 13.8. The molecule has 0 radical (unpaired) electrons. The number of para-hydroxylation sites is 1. The molecular weight excluding hydrogens is 381 g/mol. The Bertz CT molecular complexity index is 829. The van der Waals surface area contributed by atoms with E-state index in [2.05, 4.69) is 53.2 Å². The molecule has 1 N–H and O–H groups in total. The maximum Gasteiger partial charge on any atom is 0.231 e. The molecule has 1 aliphatic rings. The van der Waals surface area contributed by atoms with E-state index in [1.54, 1.807) is 11.8 Å². The number of halogens is 2. The molecule has 0 saturated carbocycles. The van der Waals surface area contributed by atoms with Gasteiger partial charge in [-0.3, -0.25) is 0 Å². The molecule has 0 amide bonds. The topological polar surface area (TPSA) is 50.4 Å². The fourth-order valence-electron chi connectivity index (χ4n) is 2.66. The monoisotopic (exact) mass is 399 g/mol. The van der Waals surface area contributed by atoms with Crippen molar-refractivity contribution in [3.8, 4) is 11.5 Å². The number of H-pyrrole nitrogens is 1. The van der Waals surface area contributed by atoms with Gasteiger partial charge in [0.2, 0.25) is 6.79 Å². The number of imidazole rings is 1. The van der Waals surface area contributed by atoms with E-state index in [9.17, 15) is 0 Å². The van der Waals surface area contributed by atoms with Crippen LogP contribution in [0.1, 0.15) is 5.56 Å². The Hall–Kier alpha value is -1.76. The van der Waals surface area contributed by atoms with Gasteiger partial charge in [0.15, 0.2) is 16.7 Å². The lowest BCUT2D eigenvalue weighted by molar-refractivity contribution is 0.174. The smallest absolute Gasteiger partial charge is 0.231 e. The van der Waals surface area contributed by atoms with Gasteiger partial charge in [-0.1, -0.05) is 30.0 Å². The molecule has 0 bridgehead atoms. The number of benzene rings is 2. The van der Waals surface area contributed by atoms with Gasteiger partial charge in [-0.05, 0) is 11.6 Å². The molecule has 3 aromatic rings.